The lowest BCUT2D eigenvalue weighted by Gasteiger charge is -2.13. The minimum atomic E-state index is -0.874. The van der Waals surface area contributed by atoms with Gasteiger partial charge in [0.15, 0.2) is 0 Å². The molecule has 6 heteroatoms. The normalized spacial score (nSPS) is 13.3. The highest BCUT2D eigenvalue weighted by atomic mass is 16.4. The van der Waals surface area contributed by atoms with Crippen LogP contribution in [0.1, 0.15) is 34.3 Å². The van der Waals surface area contributed by atoms with Crippen LogP contribution in [0.5, 0.6) is 0 Å². The number of rotatable bonds is 8. The topological polar surface area (TPSA) is 111 Å². The zero-order chi connectivity index (χ0) is 23.8. The van der Waals surface area contributed by atoms with Crippen LogP contribution in [0.4, 0.5) is 0 Å². The van der Waals surface area contributed by atoms with E-state index in [1.165, 1.54) is 12.8 Å². The molecular weight excluding hydrogens is 426 g/mol. The molecule has 1 amide bonds. The van der Waals surface area contributed by atoms with E-state index in [4.69, 9.17) is 11.5 Å². The highest BCUT2D eigenvalue weighted by molar-refractivity contribution is 6.10. The van der Waals surface area contributed by atoms with Crippen molar-refractivity contribution in [3.63, 3.8) is 0 Å². The van der Waals surface area contributed by atoms with Crippen molar-refractivity contribution in [1.29, 1.82) is 0 Å². The van der Waals surface area contributed by atoms with Gasteiger partial charge < -0.3 is 21.1 Å². The standard InChI is InChI=1S/C28H27N3O3/c29-14-18-4-3-6-19(10-18)23-11-21(28(30)34)12-25-27(23)24(16-31(25)15-17-8-9-17)22-7-2-1-5-20(22)13-26(32)33/h1-7,10-12,16-17H,8-9,13-15,29H2,(H2,30,34)(H,32,33). The van der Waals surface area contributed by atoms with E-state index in [0.29, 0.717) is 18.0 Å². The first-order valence-corrected chi connectivity index (χ1v) is 11.5. The van der Waals surface area contributed by atoms with Crippen molar-refractivity contribution >= 4 is 22.8 Å². The summed E-state index contributed by atoms with van der Waals surface area (Å²) in [7, 11) is 0. The van der Waals surface area contributed by atoms with E-state index < -0.39 is 11.9 Å². The van der Waals surface area contributed by atoms with Crippen LogP contribution in [-0.4, -0.2) is 21.6 Å². The van der Waals surface area contributed by atoms with E-state index in [-0.39, 0.29) is 6.42 Å². The second kappa shape index (κ2) is 8.80. The summed E-state index contributed by atoms with van der Waals surface area (Å²) in [6.45, 7) is 1.26. The van der Waals surface area contributed by atoms with Gasteiger partial charge in [0.1, 0.15) is 0 Å². The van der Waals surface area contributed by atoms with Crippen molar-refractivity contribution in [2.24, 2.45) is 17.4 Å². The number of benzene rings is 3. The number of primary amides is 1. The molecule has 0 aliphatic heterocycles. The van der Waals surface area contributed by atoms with Crippen molar-refractivity contribution in [2.45, 2.75) is 32.4 Å². The summed E-state index contributed by atoms with van der Waals surface area (Å²) in [6, 6.07) is 19.3. The van der Waals surface area contributed by atoms with Gasteiger partial charge in [-0.05, 0) is 64.8 Å². The van der Waals surface area contributed by atoms with E-state index in [1.807, 2.05) is 60.7 Å². The molecule has 0 saturated heterocycles. The Hall–Kier alpha value is -3.90. The average Bonchev–Trinajstić information content (AvgIpc) is 3.58. The molecule has 172 valence electrons. The molecule has 4 aromatic rings. The molecule has 0 radical (unpaired) electrons. The number of carboxylic acids is 1. The fraction of sp³-hybridized carbons (Fsp3) is 0.214. The summed E-state index contributed by atoms with van der Waals surface area (Å²) in [5.41, 5.74) is 18.4. The number of hydrogen-bond donors (Lipinski definition) is 3. The van der Waals surface area contributed by atoms with Gasteiger partial charge in [-0.2, -0.15) is 0 Å². The first-order chi connectivity index (χ1) is 16.4. The van der Waals surface area contributed by atoms with Crippen LogP contribution in [0.3, 0.4) is 0 Å². The van der Waals surface area contributed by atoms with Gasteiger partial charge in [-0.3, -0.25) is 9.59 Å². The van der Waals surface area contributed by atoms with Gasteiger partial charge in [0.2, 0.25) is 5.91 Å². The van der Waals surface area contributed by atoms with Gasteiger partial charge in [0.05, 0.1) is 11.9 Å². The largest absolute Gasteiger partial charge is 0.481 e. The van der Waals surface area contributed by atoms with Gasteiger partial charge >= 0.3 is 5.97 Å². The first kappa shape index (κ1) is 21.9. The Labute approximate surface area is 197 Å². The lowest BCUT2D eigenvalue weighted by molar-refractivity contribution is -0.136. The average molecular weight is 454 g/mol. The number of aromatic nitrogens is 1. The smallest absolute Gasteiger partial charge is 0.307 e. The quantitative estimate of drug-likeness (QED) is 0.363. The molecule has 1 heterocycles. The van der Waals surface area contributed by atoms with Crippen LogP contribution in [0, 0.1) is 5.92 Å². The molecule has 5 rings (SSSR count). The summed E-state index contributed by atoms with van der Waals surface area (Å²) in [4.78, 5) is 23.9. The van der Waals surface area contributed by atoms with Gasteiger partial charge in [-0.1, -0.05) is 42.5 Å². The van der Waals surface area contributed by atoms with E-state index >= 15 is 0 Å². The van der Waals surface area contributed by atoms with E-state index in [1.54, 1.807) is 0 Å². The number of hydrogen-bond acceptors (Lipinski definition) is 3. The maximum absolute atomic E-state index is 12.3. The van der Waals surface area contributed by atoms with Crippen LogP contribution >= 0.6 is 0 Å². The number of nitrogens with zero attached hydrogens (tertiary/aromatic N) is 1. The maximum atomic E-state index is 12.3. The number of carbonyl (C=O) groups is 2. The molecule has 0 bridgehead atoms. The molecule has 1 aromatic heterocycles. The fourth-order valence-electron chi connectivity index (χ4n) is 4.70. The van der Waals surface area contributed by atoms with E-state index in [9.17, 15) is 14.7 Å². The van der Waals surface area contributed by atoms with Crippen LogP contribution < -0.4 is 11.5 Å². The van der Waals surface area contributed by atoms with Gasteiger partial charge in [0.25, 0.3) is 0 Å². The monoisotopic (exact) mass is 453 g/mol. The molecule has 1 aliphatic carbocycles. The first-order valence-electron chi connectivity index (χ1n) is 11.5. The predicted octanol–water partition coefficient (Wildman–Crippen LogP) is 4.57. The van der Waals surface area contributed by atoms with Crippen molar-refractivity contribution in [2.75, 3.05) is 0 Å². The number of nitrogens with two attached hydrogens (primary N) is 2. The molecule has 0 spiro atoms. The second-order valence-electron chi connectivity index (χ2n) is 9.05. The van der Waals surface area contributed by atoms with Gasteiger partial charge in [-0.25, -0.2) is 0 Å². The molecule has 6 nitrogen and oxygen atoms in total. The molecule has 34 heavy (non-hydrogen) atoms. The number of carbonyl (C=O) groups excluding carboxylic acids is 1. The molecule has 3 aromatic carbocycles. The Balaban J connectivity index is 1.84. The lowest BCUT2D eigenvalue weighted by Crippen LogP contribution is -2.11. The van der Waals surface area contributed by atoms with E-state index in [2.05, 4.69) is 10.8 Å². The van der Waals surface area contributed by atoms with Crippen LogP contribution in [0.2, 0.25) is 0 Å². The Morgan fingerprint density at radius 2 is 1.76 bits per heavy atom. The summed E-state index contributed by atoms with van der Waals surface area (Å²) in [6.07, 6.45) is 4.41. The highest BCUT2D eigenvalue weighted by Gasteiger charge is 2.25. The number of fused-ring (bicyclic) bond motifs is 1. The maximum Gasteiger partial charge on any atom is 0.307 e. The van der Waals surface area contributed by atoms with Crippen molar-refractivity contribution < 1.29 is 14.7 Å². The zero-order valence-electron chi connectivity index (χ0n) is 18.8. The van der Waals surface area contributed by atoms with Crippen LogP contribution in [0.15, 0.2) is 66.9 Å². The summed E-state index contributed by atoms with van der Waals surface area (Å²) in [5.74, 6) is -0.745. The van der Waals surface area contributed by atoms with Crippen LogP contribution in [0.25, 0.3) is 33.2 Å². The number of aliphatic carboxylic acids is 1. The molecule has 5 N–H and O–H groups in total. The minimum absolute atomic E-state index is 0.0666. The Bertz CT molecular complexity index is 1420. The van der Waals surface area contributed by atoms with Crippen molar-refractivity contribution in [1.82, 2.24) is 4.57 Å². The molecular formula is C28H27N3O3. The number of carboxylic acid groups (broad SMARTS) is 1. The molecule has 1 saturated carbocycles. The molecule has 1 aliphatic rings. The third-order valence-electron chi connectivity index (χ3n) is 6.54. The lowest BCUT2D eigenvalue weighted by atomic mass is 9.91. The third kappa shape index (κ3) is 4.20. The summed E-state index contributed by atoms with van der Waals surface area (Å²) >= 11 is 0. The molecule has 0 unspecified atom stereocenters. The zero-order valence-corrected chi connectivity index (χ0v) is 18.8. The summed E-state index contributed by atoms with van der Waals surface area (Å²) < 4.78 is 2.20. The van der Waals surface area contributed by atoms with Crippen LogP contribution in [-0.2, 0) is 24.3 Å². The SMILES string of the molecule is NCc1cccc(-c2cc(C(N)=O)cc3c2c(-c2ccccc2CC(=O)O)cn3CC2CC2)c1. The molecule has 1 fully saturated rings. The van der Waals surface area contributed by atoms with Gasteiger partial charge in [-0.15, -0.1) is 0 Å². The van der Waals surface area contributed by atoms with Gasteiger partial charge in [0, 0.05) is 35.8 Å². The predicted molar refractivity (Wildman–Crippen MR) is 133 cm³/mol. The third-order valence-corrected chi connectivity index (χ3v) is 6.54. The van der Waals surface area contributed by atoms with Crippen molar-refractivity contribution in [3.05, 3.63) is 83.6 Å². The number of amides is 1. The summed E-state index contributed by atoms with van der Waals surface area (Å²) in [5, 5.41) is 10.5. The van der Waals surface area contributed by atoms with Crippen molar-refractivity contribution in [3.8, 4) is 22.3 Å². The second-order valence-corrected chi connectivity index (χ2v) is 9.05. The van der Waals surface area contributed by atoms with E-state index in [0.717, 1.165) is 50.8 Å². The molecule has 0 atom stereocenters. The Morgan fingerprint density at radius 1 is 0.971 bits per heavy atom. The highest BCUT2D eigenvalue weighted by Crippen LogP contribution is 2.42. The fourth-order valence-corrected chi connectivity index (χ4v) is 4.70. The Morgan fingerprint density at radius 3 is 2.47 bits per heavy atom. The minimum Gasteiger partial charge on any atom is -0.481 e. The Kier molecular flexibility index (Phi) is 5.67.